The van der Waals surface area contributed by atoms with Crippen molar-refractivity contribution in [2.24, 2.45) is 5.73 Å². The first kappa shape index (κ1) is 20.7. The molecule has 4 nitrogen and oxygen atoms in total. The van der Waals surface area contributed by atoms with Gasteiger partial charge in [-0.2, -0.15) is 0 Å². The van der Waals surface area contributed by atoms with Crippen LogP contribution >= 0.6 is 24.8 Å². The van der Waals surface area contributed by atoms with Gasteiger partial charge in [-0.15, -0.1) is 24.8 Å². The number of para-hydroxylation sites is 1. The second kappa shape index (κ2) is 8.65. The number of hydrogen-bond acceptors (Lipinski definition) is 3. The van der Waals surface area contributed by atoms with E-state index in [2.05, 4.69) is 18.8 Å². The third kappa shape index (κ3) is 4.18. The molecule has 0 radical (unpaired) electrons. The van der Waals surface area contributed by atoms with Crippen LogP contribution in [0.3, 0.4) is 0 Å². The summed E-state index contributed by atoms with van der Waals surface area (Å²) in [7, 11) is 0. The smallest absolute Gasteiger partial charge is 0.254 e. The summed E-state index contributed by atoms with van der Waals surface area (Å²) in [5, 5.41) is 0.927. The van der Waals surface area contributed by atoms with Gasteiger partial charge in [0.05, 0.1) is 11.1 Å². The number of likely N-dealkylation sites (tertiary alicyclic amines) is 1. The van der Waals surface area contributed by atoms with Crippen molar-refractivity contribution in [2.45, 2.75) is 38.6 Å². The Hall–Kier alpha value is -1.36. The minimum absolute atomic E-state index is 0. The minimum Gasteiger partial charge on any atom is -0.337 e. The van der Waals surface area contributed by atoms with Crippen molar-refractivity contribution in [3.8, 4) is 0 Å². The van der Waals surface area contributed by atoms with Gasteiger partial charge in [0.1, 0.15) is 0 Å². The molecule has 1 unspecified atom stereocenters. The third-order valence-electron chi connectivity index (χ3n) is 4.30. The molecular weight excluding hydrogens is 345 g/mol. The Balaban J connectivity index is 0.00000144. The predicted molar refractivity (Wildman–Crippen MR) is 103 cm³/mol. The number of carbonyl (C=O) groups excluding carboxylic acids is 1. The number of hydrogen-bond donors (Lipinski definition) is 1. The van der Waals surface area contributed by atoms with Crippen LogP contribution in [0.2, 0.25) is 0 Å². The number of piperidine rings is 1. The summed E-state index contributed by atoms with van der Waals surface area (Å²) in [6.07, 6.45) is 1.98. The molecular formula is C18H25Cl2N3O. The highest BCUT2D eigenvalue weighted by molar-refractivity contribution is 6.06. The first-order valence-electron chi connectivity index (χ1n) is 8.01. The molecule has 2 N–H and O–H groups in total. The lowest BCUT2D eigenvalue weighted by molar-refractivity contribution is 0.0710. The van der Waals surface area contributed by atoms with Gasteiger partial charge in [0.25, 0.3) is 5.91 Å². The summed E-state index contributed by atoms with van der Waals surface area (Å²) < 4.78 is 0. The lowest BCUT2D eigenvalue weighted by atomic mass is 10.00. The first-order chi connectivity index (χ1) is 10.6. The summed E-state index contributed by atoms with van der Waals surface area (Å²) in [5.74, 6) is 0.371. The quantitative estimate of drug-likeness (QED) is 0.876. The Morgan fingerprint density at radius 1 is 1.29 bits per heavy atom. The first-order valence-corrected chi connectivity index (χ1v) is 8.01. The number of pyridine rings is 1. The Morgan fingerprint density at radius 3 is 2.67 bits per heavy atom. The molecule has 1 fully saturated rings. The van der Waals surface area contributed by atoms with Gasteiger partial charge in [0.2, 0.25) is 0 Å². The molecule has 0 spiro atoms. The maximum absolute atomic E-state index is 13.0. The Kier molecular flexibility index (Phi) is 7.46. The lowest BCUT2D eigenvalue weighted by Gasteiger charge is -2.31. The largest absolute Gasteiger partial charge is 0.337 e. The van der Waals surface area contributed by atoms with Gasteiger partial charge in [0.15, 0.2) is 0 Å². The van der Waals surface area contributed by atoms with E-state index in [1.807, 2.05) is 35.2 Å². The van der Waals surface area contributed by atoms with Crippen molar-refractivity contribution in [1.29, 1.82) is 0 Å². The SMILES string of the molecule is CC(C)c1cc(C(=O)N2CCCC(N)C2)c2ccccc2n1.Cl.Cl. The monoisotopic (exact) mass is 369 g/mol. The van der Waals surface area contributed by atoms with Crippen LogP contribution < -0.4 is 5.73 Å². The summed E-state index contributed by atoms with van der Waals surface area (Å²) in [5.41, 5.74) is 8.63. The summed E-state index contributed by atoms with van der Waals surface area (Å²) in [6, 6.07) is 9.91. The fraction of sp³-hybridized carbons (Fsp3) is 0.444. The molecule has 1 aliphatic rings. The van der Waals surface area contributed by atoms with Crippen molar-refractivity contribution in [3.05, 3.63) is 41.6 Å². The van der Waals surface area contributed by atoms with Gasteiger partial charge in [-0.3, -0.25) is 9.78 Å². The zero-order valence-corrected chi connectivity index (χ0v) is 15.7. The van der Waals surface area contributed by atoms with Crippen LogP contribution in [-0.4, -0.2) is 34.9 Å². The van der Waals surface area contributed by atoms with Gasteiger partial charge in [-0.25, -0.2) is 0 Å². The normalized spacial score (nSPS) is 17.3. The summed E-state index contributed by atoms with van der Waals surface area (Å²) in [6.45, 7) is 5.64. The lowest BCUT2D eigenvalue weighted by Crippen LogP contribution is -2.45. The van der Waals surface area contributed by atoms with Crippen molar-refractivity contribution in [3.63, 3.8) is 0 Å². The maximum Gasteiger partial charge on any atom is 0.254 e. The molecule has 3 rings (SSSR count). The Morgan fingerprint density at radius 2 is 2.00 bits per heavy atom. The standard InChI is InChI=1S/C18H23N3O.2ClH/c1-12(2)17-10-15(14-7-3-4-8-16(14)20-17)18(22)21-9-5-6-13(19)11-21;;/h3-4,7-8,10,12-13H,5-6,9,11,19H2,1-2H3;2*1H. The number of halogens is 2. The van der Waals surface area contributed by atoms with E-state index in [0.29, 0.717) is 12.5 Å². The number of nitrogens with zero attached hydrogens (tertiary/aromatic N) is 2. The average molecular weight is 370 g/mol. The molecule has 1 atom stereocenters. The van der Waals surface area contributed by atoms with Crippen LogP contribution in [0, 0.1) is 0 Å². The molecule has 0 bridgehead atoms. The second-order valence-electron chi connectivity index (χ2n) is 6.42. The van der Waals surface area contributed by atoms with Crippen LogP contribution in [0.25, 0.3) is 10.9 Å². The molecule has 132 valence electrons. The summed E-state index contributed by atoms with van der Waals surface area (Å²) in [4.78, 5) is 19.5. The highest BCUT2D eigenvalue weighted by Crippen LogP contribution is 2.24. The zero-order valence-electron chi connectivity index (χ0n) is 14.1. The van der Waals surface area contributed by atoms with E-state index in [1.54, 1.807) is 0 Å². The molecule has 6 heteroatoms. The predicted octanol–water partition coefficient (Wildman–Crippen LogP) is 3.77. The summed E-state index contributed by atoms with van der Waals surface area (Å²) >= 11 is 0. The van der Waals surface area contributed by atoms with Gasteiger partial charge in [0, 0.05) is 30.2 Å². The second-order valence-corrected chi connectivity index (χ2v) is 6.42. The van der Waals surface area contributed by atoms with Crippen LogP contribution in [-0.2, 0) is 0 Å². The Bertz CT molecular complexity index is 706. The van der Waals surface area contributed by atoms with Crippen molar-refractivity contribution < 1.29 is 4.79 Å². The molecule has 0 aliphatic carbocycles. The number of rotatable bonds is 2. The number of amides is 1. The molecule has 1 saturated heterocycles. The average Bonchev–Trinajstić information content (AvgIpc) is 2.53. The number of carbonyl (C=O) groups is 1. The van der Waals surface area contributed by atoms with Gasteiger partial charge >= 0.3 is 0 Å². The maximum atomic E-state index is 13.0. The zero-order chi connectivity index (χ0) is 15.7. The molecule has 0 saturated carbocycles. The van der Waals surface area contributed by atoms with Crippen molar-refractivity contribution in [1.82, 2.24) is 9.88 Å². The fourth-order valence-corrected chi connectivity index (χ4v) is 3.03. The van der Waals surface area contributed by atoms with E-state index in [9.17, 15) is 4.79 Å². The van der Waals surface area contributed by atoms with Gasteiger partial charge in [-0.05, 0) is 30.9 Å². The number of nitrogens with two attached hydrogens (primary N) is 1. The highest BCUT2D eigenvalue weighted by atomic mass is 35.5. The third-order valence-corrected chi connectivity index (χ3v) is 4.30. The molecule has 2 heterocycles. The molecule has 2 aromatic rings. The molecule has 1 aliphatic heterocycles. The number of fused-ring (bicyclic) bond motifs is 1. The molecule has 1 aromatic heterocycles. The van der Waals surface area contributed by atoms with E-state index >= 15 is 0 Å². The van der Waals surface area contributed by atoms with Crippen LogP contribution in [0.5, 0.6) is 0 Å². The van der Waals surface area contributed by atoms with Crippen LogP contribution in [0.1, 0.15) is 48.7 Å². The number of aromatic nitrogens is 1. The highest BCUT2D eigenvalue weighted by Gasteiger charge is 2.24. The van der Waals surface area contributed by atoms with Crippen molar-refractivity contribution in [2.75, 3.05) is 13.1 Å². The van der Waals surface area contributed by atoms with Crippen LogP contribution in [0.15, 0.2) is 30.3 Å². The van der Waals surface area contributed by atoms with E-state index in [1.165, 1.54) is 0 Å². The number of benzene rings is 1. The molecule has 1 amide bonds. The van der Waals surface area contributed by atoms with Gasteiger partial charge in [-0.1, -0.05) is 32.0 Å². The topological polar surface area (TPSA) is 59.2 Å². The fourth-order valence-electron chi connectivity index (χ4n) is 3.03. The van der Waals surface area contributed by atoms with E-state index < -0.39 is 0 Å². The van der Waals surface area contributed by atoms with Crippen molar-refractivity contribution >= 4 is 41.6 Å². The molecule has 1 aromatic carbocycles. The molecule has 24 heavy (non-hydrogen) atoms. The van der Waals surface area contributed by atoms with Crippen LogP contribution in [0.4, 0.5) is 0 Å². The van der Waals surface area contributed by atoms with Gasteiger partial charge < -0.3 is 10.6 Å². The van der Waals surface area contributed by atoms with E-state index in [4.69, 9.17) is 5.73 Å². The Labute approximate surface area is 155 Å². The van der Waals surface area contributed by atoms with E-state index in [0.717, 1.165) is 41.5 Å². The minimum atomic E-state index is 0. The van der Waals surface area contributed by atoms with E-state index in [-0.39, 0.29) is 36.8 Å².